The van der Waals surface area contributed by atoms with Crippen LogP contribution in [0.15, 0.2) is 22.6 Å². The van der Waals surface area contributed by atoms with Crippen LogP contribution in [0.4, 0.5) is 0 Å². The van der Waals surface area contributed by atoms with Crippen LogP contribution in [0.3, 0.4) is 0 Å². The highest BCUT2D eigenvalue weighted by Crippen LogP contribution is 2.49. The third kappa shape index (κ3) is 4.92. The number of piperidine rings is 1. The first-order valence-electron chi connectivity index (χ1n) is 13.5. The molecule has 0 N–H and O–H groups in total. The zero-order valence-corrected chi connectivity index (χ0v) is 22.1. The first kappa shape index (κ1) is 24.9. The Balaban J connectivity index is 1.30. The predicted molar refractivity (Wildman–Crippen MR) is 137 cm³/mol. The number of aromatic nitrogens is 2. The molecule has 0 saturated carbocycles. The van der Waals surface area contributed by atoms with Gasteiger partial charge in [-0.25, -0.2) is 0 Å². The summed E-state index contributed by atoms with van der Waals surface area (Å²) >= 11 is 0. The molecule has 1 atom stereocenters. The van der Waals surface area contributed by atoms with E-state index in [0.29, 0.717) is 18.3 Å². The Morgan fingerprint density at radius 1 is 1.03 bits per heavy atom. The van der Waals surface area contributed by atoms with Crippen molar-refractivity contribution in [3.05, 3.63) is 46.7 Å². The van der Waals surface area contributed by atoms with E-state index in [1.807, 2.05) is 41.8 Å². The fraction of sp³-hybridized carbons (Fsp3) is 0.643. The smallest absolute Gasteiger partial charge is 0.253 e. The Hall–Kier alpha value is -2.74. The molecular weight excluding hydrogens is 454 g/mol. The van der Waals surface area contributed by atoms with Crippen molar-refractivity contribution >= 4 is 11.8 Å². The number of hydrogen-bond acceptors (Lipinski definition) is 6. The summed E-state index contributed by atoms with van der Waals surface area (Å²) in [6, 6.07) is 5.91. The SMILES string of the molecule is Cc1ccc(C(=O)N2CCC3(CC2)CC(c2nnc(C(C)C)o2)N(CC(=O)N2CCCC2)C3)cc1C. The molecule has 3 saturated heterocycles. The molecule has 1 spiro atoms. The molecule has 3 fully saturated rings. The highest BCUT2D eigenvalue weighted by atomic mass is 16.4. The van der Waals surface area contributed by atoms with Crippen LogP contribution in [0.1, 0.15) is 91.2 Å². The zero-order valence-electron chi connectivity index (χ0n) is 22.1. The normalized spacial score (nSPS) is 22.2. The van der Waals surface area contributed by atoms with Gasteiger partial charge in [0, 0.05) is 44.2 Å². The van der Waals surface area contributed by atoms with E-state index in [4.69, 9.17) is 4.42 Å². The molecule has 1 unspecified atom stereocenters. The molecule has 194 valence electrons. The van der Waals surface area contributed by atoms with Crippen LogP contribution in [0.2, 0.25) is 0 Å². The van der Waals surface area contributed by atoms with E-state index in [1.54, 1.807) is 0 Å². The van der Waals surface area contributed by atoms with Crippen LogP contribution in [-0.4, -0.2) is 76.0 Å². The molecule has 0 bridgehead atoms. The van der Waals surface area contributed by atoms with Gasteiger partial charge in [0.15, 0.2) is 0 Å². The van der Waals surface area contributed by atoms with Crippen LogP contribution in [0, 0.1) is 19.3 Å². The number of amides is 2. The monoisotopic (exact) mass is 493 g/mol. The summed E-state index contributed by atoms with van der Waals surface area (Å²) < 4.78 is 6.08. The molecule has 8 nitrogen and oxygen atoms in total. The highest BCUT2D eigenvalue weighted by Gasteiger charge is 2.49. The first-order chi connectivity index (χ1) is 17.2. The third-order valence-corrected chi connectivity index (χ3v) is 8.50. The fourth-order valence-electron chi connectivity index (χ4n) is 6.01. The quantitative estimate of drug-likeness (QED) is 0.624. The van der Waals surface area contributed by atoms with Crippen LogP contribution >= 0.6 is 0 Å². The molecule has 4 heterocycles. The van der Waals surface area contributed by atoms with E-state index in [-0.39, 0.29) is 29.2 Å². The van der Waals surface area contributed by atoms with Crippen LogP contribution in [0.5, 0.6) is 0 Å². The van der Waals surface area contributed by atoms with E-state index >= 15 is 0 Å². The van der Waals surface area contributed by atoms with Crippen molar-refractivity contribution in [1.82, 2.24) is 24.9 Å². The minimum atomic E-state index is -0.0569. The lowest BCUT2D eigenvalue weighted by Crippen LogP contribution is -2.45. The Morgan fingerprint density at radius 3 is 2.39 bits per heavy atom. The van der Waals surface area contributed by atoms with Crippen molar-refractivity contribution in [3.63, 3.8) is 0 Å². The lowest BCUT2D eigenvalue weighted by molar-refractivity contribution is -0.131. The van der Waals surface area contributed by atoms with Crippen molar-refractivity contribution in [3.8, 4) is 0 Å². The van der Waals surface area contributed by atoms with Gasteiger partial charge in [0.2, 0.25) is 17.7 Å². The number of likely N-dealkylation sites (tertiary alicyclic amines) is 3. The summed E-state index contributed by atoms with van der Waals surface area (Å²) in [5.74, 6) is 1.74. The number of carbonyl (C=O) groups excluding carboxylic acids is 2. The number of hydrogen-bond donors (Lipinski definition) is 0. The highest BCUT2D eigenvalue weighted by molar-refractivity contribution is 5.94. The van der Waals surface area contributed by atoms with Gasteiger partial charge in [-0.05, 0) is 74.6 Å². The standard InChI is InChI=1S/C28H39N5O3/c1-19(2)25-29-30-26(36-25)23-16-28(18-33(23)17-24(34)31-11-5-6-12-31)9-13-32(14-10-28)27(35)22-8-7-20(3)21(4)15-22/h7-8,15,19,23H,5-6,9-14,16-18H2,1-4H3. The third-order valence-electron chi connectivity index (χ3n) is 8.50. The average molecular weight is 494 g/mol. The van der Waals surface area contributed by atoms with Crippen LogP contribution in [0.25, 0.3) is 0 Å². The second-order valence-electron chi connectivity index (χ2n) is 11.4. The Labute approximate surface area is 214 Å². The molecule has 3 aliphatic heterocycles. The van der Waals surface area contributed by atoms with Crippen LogP contribution < -0.4 is 0 Å². The van der Waals surface area contributed by atoms with Gasteiger partial charge in [0.25, 0.3) is 5.91 Å². The van der Waals surface area contributed by atoms with Gasteiger partial charge in [-0.3, -0.25) is 14.5 Å². The minimum Gasteiger partial charge on any atom is -0.423 e. The second kappa shape index (κ2) is 9.96. The summed E-state index contributed by atoms with van der Waals surface area (Å²) in [7, 11) is 0. The van der Waals surface area contributed by atoms with Gasteiger partial charge in [0.05, 0.1) is 12.6 Å². The number of benzene rings is 1. The van der Waals surface area contributed by atoms with Gasteiger partial charge in [-0.1, -0.05) is 19.9 Å². The van der Waals surface area contributed by atoms with Crippen molar-refractivity contribution < 1.29 is 14.0 Å². The van der Waals surface area contributed by atoms with Crippen molar-refractivity contribution in [2.75, 3.05) is 39.3 Å². The average Bonchev–Trinajstić information content (AvgIpc) is 3.62. The molecule has 1 aromatic carbocycles. The maximum absolute atomic E-state index is 13.2. The number of carbonyl (C=O) groups is 2. The van der Waals surface area contributed by atoms with E-state index in [0.717, 1.165) is 76.0 Å². The Kier molecular flexibility index (Phi) is 6.90. The van der Waals surface area contributed by atoms with Crippen molar-refractivity contribution in [1.29, 1.82) is 0 Å². The van der Waals surface area contributed by atoms with Gasteiger partial charge in [-0.15, -0.1) is 10.2 Å². The summed E-state index contributed by atoms with van der Waals surface area (Å²) in [5.41, 5.74) is 3.16. The number of rotatable bonds is 5. The van der Waals surface area contributed by atoms with Crippen molar-refractivity contribution in [2.24, 2.45) is 5.41 Å². The van der Waals surface area contributed by atoms with E-state index in [2.05, 4.69) is 28.9 Å². The van der Waals surface area contributed by atoms with Gasteiger partial charge in [-0.2, -0.15) is 0 Å². The van der Waals surface area contributed by atoms with Gasteiger partial charge in [0.1, 0.15) is 0 Å². The predicted octanol–water partition coefficient (Wildman–Crippen LogP) is 4.10. The molecule has 0 radical (unpaired) electrons. The maximum atomic E-state index is 13.2. The lowest BCUT2D eigenvalue weighted by Gasteiger charge is -2.39. The summed E-state index contributed by atoms with van der Waals surface area (Å²) in [6.45, 7) is 12.6. The molecule has 2 aromatic rings. The van der Waals surface area contributed by atoms with Crippen LogP contribution in [-0.2, 0) is 4.79 Å². The topological polar surface area (TPSA) is 82.8 Å². The van der Waals surface area contributed by atoms with Gasteiger partial charge >= 0.3 is 0 Å². The van der Waals surface area contributed by atoms with E-state index < -0.39 is 0 Å². The fourth-order valence-corrected chi connectivity index (χ4v) is 6.01. The number of nitrogens with zero attached hydrogens (tertiary/aromatic N) is 5. The second-order valence-corrected chi connectivity index (χ2v) is 11.4. The number of aryl methyl sites for hydroxylation is 2. The van der Waals surface area contributed by atoms with E-state index in [9.17, 15) is 9.59 Å². The molecule has 5 rings (SSSR count). The largest absolute Gasteiger partial charge is 0.423 e. The summed E-state index contributed by atoms with van der Waals surface area (Å²) in [4.78, 5) is 32.5. The summed E-state index contributed by atoms with van der Waals surface area (Å²) in [5, 5.41) is 8.68. The van der Waals surface area contributed by atoms with Crippen molar-refractivity contribution in [2.45, 2.75) is 71.8 Å². The zero-order chi connectivity index (χ0) is 25.4. The molecule has 2 amide bonds. The maximum Gasteiger partial charge on any atom is 0.253 e. The molecule has 0 aliphatic carbocycles. The summed E-state index contributed by atoms with van der Waals surface area (Å²) in [6.07, 6.45) is 4.89. The molecule has 3 aliphatic rings. The first-order valence-corrected chi connectivity index (χ1v) is 13.5. The molecule has 1 aromatic heterocycles. The molecule has 36 heavy (non-hydrogen) atoms. The molecule has 8 heteroatoms. The van der Waals surface area contributed by atoms with Gasteiger partial charge < -0.3 is 14.2 Å². The van der Waals surface area contributed by atoms with E-state index in [1.165, 1.54) is 5.56 Å². The Morgan fingerprint density at radius 2 is 1.75 bits per heavy atom. The molecular formula is C28H39N5O3. The lowest BCUT2D eigenvalue weighted by atomic mass is 9.76. The Bertz CT molecular complexity index is 1110. The minimum absolute atomic E-state index is 0.0440.